The summed E-state index contributed by atoms with van der Waals surface area (Å²) in [6.45, 7) is 4.39. The quantitative estimate of drug-likeness (QED) is 0.869. The Hall–Kier alpha value is -1.00. The van der Waals surface area contributed by atoms with Gasteiger partial charge in [-0.1, -0.05) is 19.1 Å². The minimum atomic E-state index is 0.140. The predicted molar refractivity (Wildman–Crippen MR) is 72.2 cm³/mol. The third kappa shape index (κ3) is 3.01. The van der Waals surface area contributed by atoms with Gasteiger partial charge in [-0.3, -0.25) is 4.79 Å². The van der Waals surface area contributed by atoms with Crippen LogP contribution < -0.4 is 5.73 Å². The van der Waals surface area contributed by atoms with Crippen LogP contribution in [0.3, 0.4) is 0 Å². The smallest absolute Gasteiger partial charge is 0.253 e. The molecule has 1 fully saturated rings. The molecule has 0 saturated carbocycles. The normalized spacial score (nSPS) is 20.4. The molecule has 0 spiro atoms. The number of rotatable bonds is 2. The van der Waals surface area contributed by atoms with Gasteiger partial charge in [-0.2, -0.15) is 11.8 Å². The summed E-state index contributed by atoms with van der Waals surface area (Å²) >= 11 is 1.93. The number of hydrogen-bond donors (Lipinski definition) is 1. The summed E-state index contributed by atoms with van der Waals surface area (Å²) in [6, 6.07) is 7.60. The van der Waals surface area contributed by atoms with Gasteiger partial charge < -0.3 is 10.6 Å². The van der Waals surface area contributed by atoms with Gasteiger partial charge in [-0.25, -0.2) is 0 Å². The molecule has 0 bridgehead atoms. The molecule has 2 N–H and O–H groups in total. The molecule has 17 heavy (non-hydrogen) atoms. The van der Waals surface area contributed by atoms with Crippen LogP contribution in [0, 0.1) is 0 Å². The number of carbonyl (C=O) groups is 1. The van der Waals surface area contributed by atoms with E-state index in [0.717, 1.165) is 30.0 Å². The van der Waals surface area contributed by atoms with Gasteiger partial charge in [0.2, 0.25) is 0 Å². The predicted octanol–water partition coefficient (Wildman–Crippen LogP) is 1.72. The second kappa shape index (κ2) is 5.56. The SMILES string of the molecule is CC1CN(C(=O)c2ccc(CN)cc2)CCS1. The number of amides is 1. The lowest BCUT2D eigenvalue weighted by molar-refractivity contribution is 0.0763. The molecule has 1 aromatic rings. The van der Waals surface area contributed by atoms with Gasteiger partial charge >= 0.3 is 0 Å². The lowest BCUT2D eigenvalue weighted by Crippen LogP contribution is -2.41. The Labute approximate surface area is 106 Å². The van der Waals surface area contributed by atoms with E-state index >= 15 is 0 Å². The lowest BCUT2D eigenvalue weighted by Gasteiger charge is -2.30. The second-order valence-corrected chi connectivity index (χ2v) is 5.88. The van der Waals surface area contributed by atoms with Crippen LogP contribution in [0.5, 0.6) is 0 Å². The van der Waals surface area contributed by atoms with Gasteiger partial charge in [0.05, 0.1) is 0 Å². The van der Waals surface area contributed by atoms with Crippen molar-refractivity contribution in [3.05, 3.63) is 35.4 Å². The zero-order chi connectivity index (χ0) is 12.3. The molecule has 1 aliphatic rings. The Bertz CT molecular complexity index is 391. The molecule has 0 radical (unpaired) electrons. The molecule has 1 atom stereocenters. The van der Waals surface area contributed by atoms with E-state index in [0.29, 0.717) is 11.8 Å². The van der Waals surface area contributed by atoms with Crippen LogP contribution in [0.1, 0.15) is 22.8 Å². The largest absolute Gasteiger partial charge is 0.337 e. The summed E-state index contributed by atoms with van der Waals surface area (Å²) in [5.41, 5.74) is 7.36. The van der Waals surface area contributed by atoms with Gasteiger partial charge in [0.15, 0.2) is 0 Å². The maximum Gasteiger partial charge on any atom is 0.253 e. The van der Waals surface area contributed by atoms with Crippen molar-refractivity contribution in [3.63, 3.8) is 0 Å². The number of nitrogens with zero attached hydrogens (tertiary/aromatic N) is 1. The molecule has 1 saturated heterocycles. The zero-order valence-electron chi connectivity index (χ0n) is 10.1. The molecule has 0 aromatic heterocycles. The molecule has 3 nitrogen and oxygen atoms in total. The van der Waals surface area contributed by atoms with Gasteiger partial charge in [-0.05, 0) is 17.7 Å². The van der Waals surface area contributed by atoms with Crippen LogP contribution in [-0.2, 0) is 6.54 Å². The number of carbonyl (C=O) groups excluding carboxylic acids is 1. The van der Waals surface area contributed by atoms with Crippen molar-refractivity contribution in [2.75, 3.05) is 18.8 Å². The molecule has 1 unspecified atom stereocenters. The summed E-state index contributed by atoms with van der Waals surface area (Å²) in [6.07, 6.45) is 0. The first kappa shape index (κ1) is 12.5. The topological polar surface area (TPSA) is 46.3 Å². The Morgan fingerprint density at radius 1 is 1.47 bits per heavy atom. The lowest BCUT2D eigenvalue weighted by atomic mass is 10.1. The van der Waals surface area contributed by atoms with E-state index in [2.05, 4.69) is 6.92 Å². The summed E-state index contributed by atoms with van der Waals surface area (Å²) in [4.78, 5) is 14.2. The number of benzene rings is 1. The van der Waals surface area contributed by atoms with Crippen molar-refractivity contribution in [2.24, 2.45) is 5.73 Å². The van der Waals surface area contributed by atoms with Crippen molar-refractivity contribution in [1.82, 2.24) is 4.90 Å². The van der Waals surface area contributed by atoms with Gasteiger partial charge in [0.25, 0.3) is 5.91 Å². The molecule has 92 valence electrons. The van der Waals surface area contributed by atoms with E-state index < -0.39 is 0 Å². The van der Waals surface area contributed by atoms with Crippen LogP contribution in [0.2, 0.25) is 0 Å². The molecule has 4 heteroatoms. The van der Waals surface area contributed by atoms with Crippen molar-refractivity contribution >= 4 is 17.7 Å². The maximum absolute atomic E-state index is 12.2. The van der Waals surface area contributed by atoms with E-state index in [-0.39, 0.29) is 5.91 Å². The van der Waals surface area contributed by atoms with Crippen molar-refractivity contribution in [1.29, 1.82) is 0 Å². The average molecular weight is 250 g/mol. The van der Waals surface area contributed by atoms with Crippen LogP contribution in [0.4, 0.5) is 0 Å². The highest BCUT2D eigenvalue weighted by molar-refractivity contribution is 7.99. The maximum atomic E-state index is 12.2. The highest BCUT2D eigenvalue weighted by Crippen LogP contribution is 2.19. The van der Waals surface area contributed by atoms with Gasteiger partial charge in [-0.15, -0.1) is 0 Å². The first-order valence-corrected chi connectivity index (χ1v) is 6.95. The average Bonchev–Trinajstić information content (AvgIpc) is 2.38. The molecule has 1 amide bonds. The van der Waals surface area contributed by atoms with E-state index in [1.807, 2.05) is 40.9 Å². The minimum Gasteiger partial charge on any atom is -0.337 e. The van der Waals surface area contributed by atoms with Crippen LogP contribution in [0.15, 0.2) is 24.3 Å². The fourth-order valence-corrected chi connectivity index (χ4v) is 2.98. The van der Waals surface area contributed by atoms with Crippen molar-refractivity contribution in [2.45, 2.75) is 18.7 Å². The van der Waals surface area contributed by atoms with E-state index in [9.17, 15) is 4.79 Å². The summed E-state index contributed by atoms with van der Waals surface area (Å²) in [5.74, 6) is 1.18. The van der Waals surface area contributed by atoms with Crippen LogP contribution in [-0.4, -0.2) is 34.9 Å². The van der Waals surface area contributed by atoms with E-state index in [1.165, 1.54) is 0 Å². The highest BCUT2D eigenvalue weighted by atomic mass is 32.2. The molecular formula is C13H18N2OS. The van der Waals surface area contributed by atoms with Crippen LogP contribution in [0.25, 0.3) is 0 Å². The number of nitrogens with two attached hydrogens (primary N) is 1. The minimum absolute atomic E-state index is 0.140. The fraction of sp³-hybridized carbons (Fsp3) is 0.462. The summed E-state index contributed by atoms with van der Waals surface area (Å²) < 4.78 is 0. The van der Waals surface area contributed by atoms with Gasteiger partial charge in [0, 0.05) is 36.2 Å². The van der Waals surface area contributed by atoms with Crippen LogP contribution >= 0.6 is 11.8 Å². The molecule has 1 aromatic carbocycles. The first-order chi connectivity index (χ1) is 8.20. The second-order valence-electron chi connectivity index (χ2n) is 4.33. The Morgan fingerprint density at radius 3 is 2.76 bits per heavy atom. The Morgan fingerprint density at radius 2 is 2.18 bits per heavy atom. The third-order valence-corrected chi connectivity index (χ3v) is 4.10. The molecule has 1 aliphatic heterocycles. The molecule has 1 heterocycles. The highest BCUT2D eigenvalue weighted by Gasteiger charge is 2.22. The third-order valence-electron chi connectivity index (χ3n) is 2.96. The van der Waals surface area contributed by atoms with E-state index in [4.69, 9.17) is 5.73 Å². The molecular weight excluding hydrogens is 232 g/mol. The first-order valence-electron chi connectivity index (χ1n) is 5.90. The zero-order valence-corrected chi connectivity index (χ0v) is 10.9. The van der Waals surface area contributed by atoms with E-state index in [1.54, 1.807) is 0 Å². The molecule has 0 aliphatic carbocycles. The van der Waals surface area contributed by atoms with Crippen molar-refractivity contribution < 1.29 is 4.79 Å². The molecule has 2 rings (SSSR count). The Kier molecular flexibility index (Phi) is 4.07. The standard InChI is InChI=1S/C13H18N2OS/c1-10-9-15(6-7-17-10)13(16)12-4-2-11(8-14)3-5-12/h2-5,10H,6-9,14H2,1H3. The number of hydrogen-bond acceptors (Lipinski definition) is 3. The monoisotopic (exact) mass is 250 g/mol. The Balaban J connectivity index is 2.07. The van der Waals surface area contributed by atoms with Crippen molar-refractivity contribution in [3.8, 4) is 0 Å². The summed E-state index contributed by atoms with van der Waals surface area (Å²) in [5, 5.41) is 0.538. The van der Waals surface area contributed by atoms with Gasteiger partial charge in [0.1, 0.15) is 0 Å². The summed E-state index contributed by atoms with van der Waals surface area (Å²) in [7, 11) is 0. The number of thioether (sulfide) groups is 1. The fourth-order valence-electron chi connectivity index (χ4n) is 1.97.